The Morgan fingerprint density at radius 1 is 0.714 bits per heavy atom. The van der Waals surface area contributed by atoms with Crippen LogP contribution in [0.3, 0.4) is 0 Å². The van der Waals surface area contributed by atoms with Crippen molar-refractivity contribution < 1.29 is 4.79 Å². The van der Waals surface area contributed by atoms with E-state index in [-0.39, 0.29) is 5.78 Å². The Balaban J connectivity index is 1.82. The summed E-state index contributed by atoms with van der Waals surface area (Å²) in [6.45, 7) is 0. The van der Waals surface area contributed by atoms with E-state index in [4.69, 9.17) is 23.2 Å². The number of benzene rings is 2. The van der Waals surface area contributed by atoms with Gasteiger partial charge >= 0.3 is 0 Å². The lowest BCUT2D eigenvalue weighted by Gasteiger charge is -2.23. The van der Waals surface area contributed by atoms with E-state index in [0.29, 0.717) is 10.0 Å². The highest BCUT2D eigenvalue weighted by molar-refractivity contribution is 6.30. The monoisotopic (exact) mass is 412 g/mol. The third-order valence-electron chi connectivity index (χ3n) is 4.31. The van der Waals surface area contributed by atoms with Crippen LogP contribution in [0.15, 0.2) is 73.8 Å². The fraction of sp³-hybridized carbons (Fsp3) is 0.105. The minimum Gasteiger partial charge on any atom is -0.294 e. The van der Waals surface area contributed by atoms with Crippen molar-refractivity contribution in [3.63, 3.8) is 0 Å². The van der Waals surface area contributed by atoms with Crippen molar-refractivity contribution >= 4 is 29.0 Å². The highest BCUT2D eigenvalue weighted by Gasteiger charge is 2.33. The van der Waals surface area contributed by atoms with E-state index >= 15 is 0 Å². The predicted molar refractivity (Wildman–Crippen MR) is 104 cm³/mol. The Kier molecular flexibility index (Phi) is 5.18. The van der Waals surface area contributed by atoms with Gasteiger partial charge in [-0.3, -0.25) is 4.79 Å². The summed E-state index contributed by atoms with van der Waals surface area (Å²) in [5.41, 5.74) is 1.47. The number of hydrogen-bond acceptors (Lipinski definition) is 5. The summed E-state index contributed by atoms with van der Waals surface area (Å²) < 4.78 is 3.04. The molecule has 0 amide bonds. The first-order valence-corrected chi connectivity index (χ1v) is 9.12. The van der Waals surface area contributed by atoms with E-state index in [1.165, 1.54) is 34.7 Å². The lowest BCUT2D eigenvalue weighted by atomic mass is 9.93. The number of hydrogen-bond donors (Lipinski definition) is 0. The van der Waals surface area contributed by atoms with Gasteiger partial charge in [0.25, 0.3) is 0 Å². The summed E-state index contributed by atoms with van der Waals surface area (Å²) in [4.78, 5) is 21.8. The van der Waals surface area contributed by atoms with Gasteiger partial charge in [-0.25, -0.2) is 19.3 Å². The Labute approximate surface area is 170 Å². The lowest BCUT2D eigenvalue weighted by molar-refractivity contribution is -0.123. The molecule has 4 rings (SSSR count). The van der Waals surface area contributed by atoms with Crippen LogP contribution >= 0.6 is 23.2 Å². The highest BCUT2D eigenvalue weighted by atomic mass is 35.5. The molecule has 0 saturated heterocycles. The average molecular weight is 413 g/mol. The van der Waals surface area contributed by atoms with Crippen LogP contribution in [-0.2, 0) is 4.79 Å². The van der Waals surface area contributed by atoms with Crippen LogP contribution in [0.5, 0.6) is 0 Å². The Morgan fingerprint density at radius 2 is 1.11 bits per heavy atom. The van der Waals surface area contributed by atoms with Crippen LogP contribution in [0.1, 0.15) is 23.2 Å². The normalized spacial score (nSPS) is 13.2. The molecule has 2 atom stereocenters. The fourth-order valence-corrected chi connectivity index (χ4v) is 3.29. The quantitative estimate of drug-likeness (QED) is 0.483. The van der Waals surface area contributed by atoms with Gasteiger partial charge in [-0.1, -0.05) is 47.5 Å². The second-order valence-corrected chi connectivity index (χ2v) is 6.93. The largest absolute Gasteiger partial charge is 0.294 e. The summed E-state index contributed by atoms with van der Waals surface area (Å²) in [6, 6.07) is 12.7. The molecule has 0 spiro atoms. The third kappa shape index (κ3) is 3.67. The summed E-state index contributed by atoms with van der Waals surface area (Å²) in [6.07, 6.45) is 5.81. The molecule has 0 saturated carbocycles. The van der Waals surface area contributed by atoms with Crippen LogP contribution in [0.25, 0.3) is 0 Å². The van der Waals surface area contributed by atoms with Gasteiger partial charge in [0.1, 0.15) is 37.4 Å². The first-order valence-electron chi connectivity index (χ1n) is 8.36. The molecule has 0 aliphatic heterocycles. The minimum atomic E-state index is -0.718. The summed E-state index contributed by atoms with van der Waals surface area (Å²) >= 11 is 12.0. The van der Waals surface area contributed by atoms with Crippen molar-refractivity contribution in [3.05, 3.63) is 95.0 Å². The predicted octanol–water partition coefficient (Wildman–Crippen LogP) is 3.62. The van der Waals surface area contributed by atoms with E-state index in [9.17, 15) is 4.79 Å². The molecule has 0 aliphatic rings. The molecule has 2 heterocycles. The van der Waals surface area contributed by atoms with E-state index in [2.05, 4.69) is 20.2 Å². The number of rotatable bonds is 6. The van der Waals surface area contributed by atoms with Gasteiger partial charge < -0.3 is 0 Å². The van der Waals surface area contributed by atoms with Gasteiger partial charge in [0, 0.05) is 10.0 Å². The highest BCUT2D eigenvalue weighted by Crippen LogP contribution is 2.29. The van der Waals surface area contributed by atoms with Gasteiger partial charge in [0.2, 0.25) is 0 Å². The van der Waals surface area contributed by atoms with Gasteiger partial charge in [-0.05, 0) is 35.4 Å². The van der Waals surface area contributed by atoms with Gasteiger partial charge in [-0.15, -0.1) is 0 Å². The summed E-state index contributed by atoms with van der Waals surface area (Å²) in [5, 5.41) is 9.55. The van der Waals surface area contributed by atoms with Gasteiger partial charge in [0.15, 0.2) is 5.78 Å². The number of nitrogens with zero attached hydrogens (tertiary/aromatic N) is 6. The average Bonchev–Trinajstić information content (AvgIpc) is 3.40. The molecular weight excluding hydrogens is 399 g/mol. The van der Waals surface area contributed by atoms with Crippen molar-refractivity contribution in [2.24, 2.45) is 0 Å². The van der Waals surface area contributed by atoms with Crippen molar-refractivity contribution in [1.82, 2.24) is 29.5 Å². The third-order valence-corrected chi connectivity index (χ3v) is 4.82. The minimum absolute atomic E-state index is 0.152. The molecule has 0 bridgehead atoms. The molecule has 0 radical (unpaired) electrons. The van der Waals surface area contributed by atoms with Crippen LogP contribution in [0, 0.1) is 0 Å². The molecule has 2 aromatic heterocycles. The standard InChI is InChI=1S/C19H14Cl2N6O/c20-15-5-1-13(2-6-15)17(26-11-22-9-24-26)19(28)18(27-12-23-10-25-27)14-3-7-16(21)8-4-14/h1-12,17-18H. The first-order chi connectivity index (χ1) is 13.6. The fourth-order valence-electron chi connectivity index (χ4n) is 3.04. The topological polar surface area (TPSA) is 78.5 Å². The van der Waals surface area contributed by atoms with Gasteiger partial charge in [0.05, 0.1) is 0 Å². The second kappa shape index (κ2) is 7.92. The zero-order valence-corrected chi connectivity index (χ0v) is 15.9. The molecule has 0 fully saturated rings. The van der Waals surface area contributed by atoms with Crippen molar-refractivity contribution in [3.8, 4) is 0 Å². The first kappa shape index (κ1) is 18.3. The van der Waals surface area contributed by atoms with Crippen LogP contribution in [-0.4, -0.2) is 35.3 Å². The molecule has 140 valence electrons. The Morgan fingerprint density at radius 3 is 1.43 bits per heavy atom. The molecule has 28 heavy (non-hydrogen) atoms. The SMILES string of the molecule is O=C(C(c1ccc(Cl)cc1)n1cncn1)C(c1ccc(Cl)cc1)n1cncn1. The summed E-state index contributed by atoms with van der Waals surface area (Å²) in [5.74, 6) is -0.152. The maximum Gasteiger partial charge on any atom is 0.190 e. The number of carbonyl (C=O) groups excluding carboxylic acids is 1. The van der Waals surface area contributed by atoms with E-state index in [1.54, 1.807) is 48.5 Å². The van der Waals surface area contributed by atoms with E-state index < -0.39 is 12.1 Å². The Hall–Kier alpha value is -3.03. The molecule has 7 nitrogen and oxygen atoms in total. The van der Waals surface area contributed by atoms with E-state index in [0.717, 1.165) is 11.1 Å². The maximum atomic E-state index is 13.8. The van der Waals surface area contributed by atoms with Crippen LogP contribution in [0.2, 0.25) is 10.0 Å². The number of halogens is 2. The molecule has 2 unspecified atom stereocenters. The zero-order chi connectivity index (χ0) is 19.5. The molecule has 4 aromatic rings. The molecular formula is C19H14Cl2N6O. The van der Waals surface area contributed by atoms with Crippen LogP contribution in [0.4, 0.5) is 0 Å². The number of Topliss-reactive ketones (excluding diaryl/α,β-unsaturated/α-hetero) is 1. The number of aromatic nitrogens is 6. The summed E-state index contributed by atoms with van der Waals surface area (Å²) in [7, 11) is 0. The molecule has 2 aromatic carbocycles. The maximum absolute atomic E-state index is 13.8. The number of ketones is 1. The Bertz CT molecular complexity index is 961. The molecule has 9 heteroatoms. The van der Waals surface area contributed by atoms with Crippen LogP contribution < -0.4 is 0 Å². The van der Waals surface area contributed by atoms with E-state index in [1.807, 2.05) is 0 Å². The second-order valence-electron chi connectivity index (χ2n) is 6.06. The molecule has 0 N–H and O–H groups in total. The van der Waals surface area contributed by atoms with Crippen molar-refractivity contribution in [2.75, 3.05) is 0 Å². The van der Waals surface area contributed by atoms with Crippen molar-refractivity contribution in [2.45, 2.75) is 12.1 Å². The van der Waals surface area contributed by atoms with Gasteiger partial charge in [-0.2, -0.15) is 10.2 Å². The van der Waals surface area contributed by atoms with Crippen molar-refractivity contribution in [1.29, 1.82) is 0 Å². The molecule has 0 aliphatic carbocycles. The number of carbonyl (C=O) groups is 1. The zero-order valence-electron chi connectivity index (χ0n) is 14.4. The smallest absolute Gasteiger partial charge is 0.190 e. The lowest BCUT2D eigenvalue weighted by Crippen LogP contribution is -2.31.